The van der Waals surface area contributed by atoms with Crippen molar-refractivity contribution in [1.82, 2.24) is 15.0 Å². The summed E-state index contributed by atoms with van der Waals surface area (Å²) in [4.78, 5) is 16.4. The molecular weight excluding hydrogens is 512 g/mol. The summed E-state index contributed by atoms with van der Waals surface area (Å²) in [6, 6.07) is 7.55. The van der Waals surface area contributed by atoms with E-state index in [0.29, 0.717) is 35.4 Å². The summed E-state index contributed by atoms with van der Waals surface area (Å²) in [6.07, 6.45) is 11.0. The number of para-hydroxylation sites is 1. The summed E-state index contributed by atoms with van der Waals surface area (Å²) in [5, 5.41) is 10.4. The first-order valence-electron chi connectivity index (χ1n) is 14.4. The number of hydrogen-bond donors (Lipinski definition) is 0. The Morgan fingerprint density at radius 3 is 2.51 bits per heavy atom. The molecule has 1 aromatic heterocycles. The van der Waals surface area contributed by atoms with Gasteiger partial charge < -0.3 is 0 Å². The first-order valence-corrected chi connectivity index (χ1v) is 15.3. The third-order valence-electron chi connectivity index (χ3n) is 8.14. The van der Waals surface area contributed by atoms with E-state index in [0.717, 1.165) is 37.7 Å². The first kappa shape index (κ1) is 31.3. The van der Waals surface area contributed by atoms with Crippen molar-refractivity contribution in [2.45, 2.75) is 92.4 Å². The van der Waals surface area contributed by atoms with Gasteiger partial charge in [-0.05, 0) is 78.7 Å². The Morgan fingerprint density at radius 2 is 1.85 bits per heavy atom. The summed E-state index contributed by atoms with van der Waals surface area (Å²) in [5.41, 5.74) is 2.10. The number of ketones is 1. The molecule has 1 fully saturated rings. The second kappa shape index (κ2) is 14.4. The van der Waals surface area contributed by atoms with Crippen LogP contribution < -0.4 is 0 Å². The molecule has 7 heteroatoms. The highest BCUT2D eigenvalue weighted by molar-refractivity contribution is 8.05. The Kier molecular flexibility index (Phi) is 11.5. The number of carbonyl (C=O) groups excluding carboxylic acids is 1. The predicted molar refractivity (Wildman–Crippen MR) is 158 cm³/mol. The molecule has 1 aliphatic rings. The van der Waals surface area contributed by atoms with Crippen molar-refractivity contribution in [1.29, 1.82) is 0 Å². The molecule has 0 N–H and O–H groups in total. The molecule has 4 nitrogen and oxygen atoms in total. The molecule has 0 saturated heterocycles. The largest absolute Gasteiger partial charge is 0.294 e. The van der Waals surface area contributed by atoms with Gasteiger partial charge in [0.2, 0.25) is 0 Å². The number of Topliss-reactive ketones (excluding diaryl/α,β-unsaturated/α-hetero) is 1. The molecule has 3 rings (SSSR count). The fourth-order valence-electron chi connectivity index (χ4n) is 5.57. The van der Waals surface area contributed by atoms with Gasteiger partial charge in [-0.1, -0.05) is 64.8 Å². The molecule has 214 valence electrons. The predicted octanol–water partition coefficient (Wildman–Crippen LogP) is 9.53. The summed E-state index contributed by atoms with van der Waals surface area (Å²) >= 11 is 1.64. The topological polar surface area (TPSA) is 47.8 Å². The summed E-state index contributed by atoms with van der Waals surface area (Å²) in [6.45, 7) is 11.7. The minimum absolute atomic E-state index is 0.130. The molecule has 0 bridgehead atoms. The van der Waals surface area contributed by atoms with Crippen molar-refractivity contribution in [3.63, 3.8) is 0 Å². The second-order valence-electron chi connectivity index (χ2n) is 11.7. The van der Waals surface area contributed by atoms with Crippen molar-refractivity contribution < 1.29 is 13.6 Å². The summed E-state index contributed by atoms with van der Waals surface area (Å²) in [7, 11) is 0. The fraction of sp³-hybridized carbons (Fsp3) is 0.594. The van der Waals surface area contributed by atoms with Crippen LogP contribution in [0.3, 0.4) is 0 Å². The number of halogens is 2. The normalized spacial score (nSPS) is 23.2. The molecule has 0 aliphatic heterocycles. The van der Waals surface area contributed by atoms with E-state index in [4.69, 9.17) is 0 Å². The first-order chi connectivity index (χ1) is 18.5. The molecule has 1 aromatic carbocycles. The Hall–Kier alpha value is -2.28. The summed E-state index contributed by atoms with van der Waals surface area (Å²) < 4.78 is 28.6. The molecule has 4 unspecified atom stereocenters. The molecule has 2 aromatic rings. The van der Waals surface area contributed by atoms with Crippen LogP contribution in [0.15, 0.2) is 58.6 Å². The number of hydrogen-bond acceptors (Lipinski definition) is 4. The molecule has 1 aliphatic carbocycles. The molecule has 1 saturated carbocycles. The van der Waals surface area contributed by atoms with Crippen LogP contribution in [0.4, 0.5) is 8.78 Å². The number of thioether (sulfide) groups is 1. The number of benzene rings is 1. The van der Waals surface area contributed by atoms with Crippen molar-refractivity contribution in [3.05, 3.63) is 64.2 Å². The summed E-state index contributed by atoms with van der Waals surface area (Å²) in [5.74, 6) is -1.78. The van der Waals surface area contributed by atoms with Gasteiger partial charge >= 0.3 is 0 Å². The smallest absolute Gasteiger partial charge is 0.254 e. The molecule has 0 radical (unpaired) electrons. The zero-order chi connectivity index (χ0) is 28.6. The lowest BCUT2D eigenvalue weighted by atomic mass is 9.78. The van der Waals surface area contributed by atoms with Gasteiger partial charge in [0, 0.05) is 24.3 Å². The maximum Gasteiger partial charge on any atom is 0.254 e. The SMILES string of the molecule is CCCC=C(SC=C(C)CC(F)(F)C(C)C)C1CCC(C)C(CC(=O)c2ccccc2-n2nccn2)C(C)C1. The lowest BCUT2D eigenvalue weighted by Crippen LogP contribution is -2.23. The van der Waals surface area contributed by atoms with Crippen LogP contribution in [0, 0.1) is 29.6 Å². The van der Waals surface area contributed by atoms with Crippen LogP contribution in [0.5, 0.6) is 0 Å². The molecule has 4 atom stereocenters. The van der Waals surface area contributed by atoms with Crippen LogP contribution in [-0.4, -0.2) is 26.7 Å². The fourth-order valence-corrected chi connectivity index (χ4v) is 6.61. The lowest BCUT2D eigenvalue weighted by molar-refractivity contribution is -0.0437. The van der Waals surface area contributed by atoms with Crippen molar-refractivity contribution in [3.8, 4) is 5.69 Å². The van der Waals surface area contributed by atoms with Crippen molar-refractivity contribution >= 4 is 17.5 Å². The Morgan fingerprint density at radius 1 is 1.15 bits per heavy atom. The maximum atomic E-state index is 14.3. The molecule has 0 spiro atoms. The van der Waals surface area contributed by atoms with E-state index in [-0.39, 0.29) is 18.1 Å². The van der Waals surface area contributed by atoms with Crippen LogP contribution >= 0.6 is 11.8 Å². The zero-order valence-corrected chi connectivity index (χ0v) is 25.2. The van der Waals surface area contributed by atoms with E-state index in [9.17, 15) is 13.6 Å². The van der Waals surface area contributed by atoms with E-state index in [2.05, 4.69) is 37.0 Å². The average molecular weight is 558 g/mol. The number of alkyl halides is 2. The number of rotatable bonds is 12. The van der Waals surface area contributed by atoms with Gasteiger partial charge in [0.05, 0.1) is 18.1 Å². The van der Waals surface area contributed by atoms with Crippen LogP contribution in [0.1, 0.15) is 96.8 Å². The molecule has 1 heterocycles. The van der Waals surface area contributed by atoms with E-state index in [1.165, 1.54) is 9.70 Å². The van der Waals surface area contributed by atoms with E-state index < -0.39 is 11.8 Å². The van der Waals surface area contributed by atoms with Gasteiger partial charge in [-0.15, -0.1) is 11.8 Å². The highest BCUT2D eigenvalue weighted by Crippen LogP contribution is 2.44. The van der Waals surface area contributed by atoms with Gasteiger partial charge in [0.1, 0.15) is 0 Å². The minimum atomic E-state index is -2.69. The monoisotopic (exact) mass is 557 g/mol. The third-order valence-corrected chi connectivity index (χ3v) is 9.43. The third kappa shape index (κ3) is 8.60. The van der Waals surface area contributed by atoms with Crippen LogP contribution in [-0.2, 0) is 0 Å². The van der Waals surface area contributed by atoms with Crippen molar-refractivity contribution in [2.75, 3.05) is 0 Å². The van der Waals surface area contributed by atoms with Crippen LogP contribution in [0.25, 0.3) is 5.69 Å². The zero-order valence-electron chi connectivity index (χ0n) is 24.4. The van der Waals surface area contributed by atoms with Crippen LogP contribution in [0.2, 0.25) is 0 Å². The molecule has 39 heavy (non-hydrogen) atoms. The lowest BCUT2D eigenvalue weighted by Gasteiger charge is -2.27. The number of unbranched alkanes of at least 4 members (excludes halogenated alkanes) is 1. The van der Waals surface area contributed by atoms with Crippen molar-refractivity contribution in [2.24, 2.45) is 29.6 Å². The number of allylic oxidation sites excluding steroid dienone is 3. The van der Waals surface area contributed by atoms with E-state index in [1.54, 1.807) is 38.0 Å². The minimum Gasteiger partial charge on any atom is -0.294 e. The number of carbonyl (C=O) groups is 1. The number of nitrogens with zero attached hydrogens (tertiary/aromatic N) is 3. The Balaban J connectivity index is 1.74. The number of aromatic nitrogens is 3. The van der Waals surface area contributed by atoms with Gasteiger partial charge in [-0.3, -0.25) is 4.79 Å². The van der Waals surface area contributed by atoms with Gasteiger partial charge in [-0.2, -0.15) is 15.0 Å². The average Bonchev–Trinajstić information content (AvgIpc) is 3.39. The second-order valence-corrected chi connectivity index (χ2v) is 12.6. The van der Waals surface area contributed by atoms with E-state index in [1.807, 2.05) is 36.6 Å². The highest BCUT2D eigenvalue weighted by Gasteiger charge is 2.35. The maximum absolute atomic E-state index is 14.3. The van der Waals surface area contributed by atoms with E-state index >= 15 is 0 Å². The Bertz CT molecular complexity index is 1130. The molecule has 0 amide bonds. The van der Waals surface area contributed by atoms with Gasteiger partial charge in [0.15, 0.2) is 5.78 Å². The Labute approximate surface area is 237 Å². The quantitative estimate of drug-likeness (QED) is 0.193. The molecular formula is C32H45F2N3OS. The van der Waals surface area contributed by atoms with Gasteiger partial charge in [0.25, 0.3) is 5.92 Å². The highest BCUT2D eigenvalue weighted by atomic mass is 32.2. The standard InChI is InChI=1S/C32H45F2N3OS/c1-7-8-13-31(39-21-23(4)20-32(33,34)22(2)3)26-15-14-24(5)28(25(6)18-26)19-30(38)27-11-9-10-12-29(27)37-35-16-17-36-37/h9-13,16-17,21-22,24-26,28H,7-8,14-15,18-20H2,1-6H3. The van der Waals surface area contributed by atoms with Gasteiger partial charge in [-0.25, -0.2) is 8.78 Å².